The van der Waals surface area contributed by atoms with E-state index in [1.54, 1.807) is 18.4 Å². The second-order valence-corrected chi connectivity index (χ2v) is 8.20. The second-order valence-electron chi connectivity index (χ2n) is 6.42. The Kier molecular flexibility index (Phi) is 5.13. The highest BCUT2D eigenvalue weighted by Crippen LogP contribution is 2.30. The van der Waals surface area contributed by atoms with Crippen LogP contribution in [0.1, 0.15) is 15.4 Å². The van der Waals surface area contributed by atoms with E-state index in [1.165, 1.54) is 11.3 Å². The molecule has 1 saturated heterocycles. The number of benzene rings is 1. The van der Waals surface area contributed by atoms with E-state index in [-0.39, 0.29) is 5.91 Å². The summed E-state index contributed by atoms with van der Waals surface area (Å²) < 4.78 is 5.22. The van der Waals surface area contributed by atoms with Crippen LogP contribution in [0.4, 0.5) is 5.69 Å². The minimum Gasteiger partial charge on any atom is -0.497 e. The van der Waals surface area contributed by atoms with Gasteiger partial charge in [-0.2, -0.15) is 11.3 Å². The number of hydrogen-bond donors (Lipinski definition) is 0. The third-order valence-corrected chi connectivity index (χ3v) is 6.64. The Balaban J connectivity index is 1.42. The Labute approximate surface area is 166 Å². The van der Waals surface area contributed by atoms with E-state index in [0.717, 1.165) is 58.8 Å². The molecule has 4 rings (SSSR count). The number of piperazine rings is 1. The molecule has 0 aliphatic carbocycles. The van der Waals surface area contributed by atoms with Crippen molar-refractivity contribution in [3.63, 3.8) is 0 Å². The molecule has 0 bridgehead atoms. The summed E-state index contributed by atoms with van der Waals surface area (Å²) >= 11 is 3.14. The highest BCUT2D eigenvalue weighted by atomic mass is 32.1. The standard InChI is InChI=1S/C20H21N3O2S2/c1-14-18(27-19(21-14)15-7-12-26-13-15)20(24)23-10-8-22(9-11-23)16-3-5-17(25-2)6-4-16/h3-7,12-13H,8-11H2,1-2H3. The lowest BCUT2D eigenvalue weighted by molar-refractivity contribution is 0.0750. The number of nitrogens with zero attached hydrogens (tertiary/aromatic N) is 3. The molecule has 0 spiro atoms. The molecular formula is C20H21N3O2S2. The zero-order valence-corrected chi connectivity index (χ0v) is 17.0. The maximum absolute atomic E-state index is 13.0. The van der Waals surface area contributed by atoms with Crippen LogP contribution in [-0.4, -0.2) is 49.1 Å². The van der Waals surface area contributed by atoms with E-state index in [9.17, 15) is 4.79 Å². The second kappa shape index (κ2) is 7.70. The van der Waals surface area contributed by atoms with Crippen LogP contribution < -0.4 is 9.64 Å². The van der Waals surface area contributed by atoms with Gasteiger partial charge in [-0.15, -0.1) is 11.3 Å². The van der Waals surface area contributed by atoms with Crippen molar-refractivity contribution in [1.82, 2.24) is 9.88 Å². The number of carbonyl (C=O) groups is 1. The Morgan fingerprint density at radius 1 is 1.11 bits per heavy atom. The molecule has 0 atom stereocenters. The summed E-state index contributed by atoms with van der Waals surface area (Å²) in [5, 5.41) is 5.03. The van der Waals surface area contributed by atoms with Gasteiger partial charge in [-0.1, -0.05) is 0 Å². The van der Waals surface area contributed by atoms with Crippen LogP contribution >= 0.6 is 22.7 Å². The Morgan fingerprint density at radius 2 is 1.85 bits per heavy atom. The van der Waals surface area contributed by atoms with Gasteiger partial charge in [0.05, 0.1) is 12.8 Å². The molecule has 3 aromatic rings. The number of amides is 1. The number of aryl methyl sites for hydroxylation is 1. The summed E-state index contributed by atoms with van der Waals surface area (Å²) in [5.74, 6) is 0.954. The lowest BCUT2D eigenvalue weighted by Crippen LogP contribution is -2.48. The van der Waals surface area contributed by atoms with E-state index < -0.39 is 0 Å². The Bertz CT molecular complexity index is 911. The monoisotopic (exact) mass is 399 g/mol. The van der Waals surface area contributed by atoms with Crippen LogP contribution in [0.2, 0.25) is 0 Å². The molecule has 140 valence electrons. The van der Waals surface area contributed by atoms with Crippen molar-refractivity contribution < 1.29 is 9.53 Å². The number of hydrogen-bond acceptors (Lipinski definition) is 6. The third-order valence-electron chi connectivity index (χ3n) is 4.76. The molecule has 2 aromatic heterocycles. The number of ether oxygens (including phenoxy) is 1. The average Bonchev–Trinajstić information content (AvgIpc) is 3.37. The highest BCUT2D eigenvalue weighted by molar-refractivity contribution is 7.17. The molecule has 1 amide bonds. The number of thiazole rings is 1. The van der Waals surface area contributed by atoms with E-state index in [4.69, 9.17) is 4.74 Å². The quantitative estimate of drug-likeness (QED) is 0.661. The molecule has 27 heavy (non-hydrogen) atoms. The fourth-order valence-corrected chi connectivity index (χ4v) is 4.95. The Morgan fingerprint density at radius 3 is 2.48 bits per heavy atom. The van der Waals surface area contributed by atoms with Gasteiger partial charge in [0, 0.05) is 42.8 Å². The van der Waals surface area contributed by atoms with Gasteiger partial charge in [-0.25, -0.2) is 4.98 Å². The van der Waals surface area contributed by atoms with Gasteiger partial charge in [0.2, 0.25) is 0 Å². The number of anilines is 1. The molecule has 1 aliphatic heterocycles. The predicted octanol–water partition coefficient (Wildman–Crippen LogP) is 4.15. The molecule has 5 nitrogen and oxygen atoms in total. The molecule has 1 fully saturated rings. The first-order valence-corrected chi connectivity index (χ1v) is 10.6. The number of aromatic nitrogens is 1. The molecular weight excluding hydrogens is 378 g/mol. The largest absolute Gasteiger partial charge is 0.497 e. The van der Waals surface area contributed by atoms with Crippen LogP contribution in [0, 0.1) is 6.92 Å². The normalized spacial score (nSPS) is 14.4. The van der Waals surface area contributed by atoms with Gasteiger partial charge in [0.15, 0.2) is 0 Å². The lowest BCUT2D eigenvalue weighted by Gasteiger charge is -2.36. The first-order chi connectivity index (χ1) is 13.2. The van der Waals surface area contributed by atoms with E-state index >= 15 is 0 Å². The van der Waals surface area contributed by atoms with Crippen molar-refractivity contribution >= 4 is 34.3 Å². The number of carbonyl (C=O) groups excluding carboxylic acids is 1. The van der Waals surface area contributed by atoms with Crippen molar-refractivity contribution in [3.8, 4) is 16.3 Å². The zero-order chi connectivity index (χ0) is 18.8. The third kappa shape index (κ3) is 3.70. The molecule has 0 unspecified atom stereocenters. The topological polar surface area (TPSA) is 45.7 Å². The van der Waals surface area contributed by atoms with Crippen molar-refractivity contribution in [3.05, 3.63) is 51.7 Å². The number of rotatable bonds is 4. The fourth-order valence-electron chi connectivity index (χ4n) is 3.21. The summed E-state index contributed by atoms with van der Waals surface area (Å²) in [7, 11) is 1.67. The summed E-state index contributed by atoms with van der Waals surface area (Å²) in [6.45, 7) is 5.01. The maximum Gasteiger partial charge on any atom is 0.265 e. The van der Waals surface area contributed by atoms with Gasteiger partial charge in [-0.05, 0) is 42.6 Å². The average molecular weight is 400 g/mol. The van der Waals surface area contributed by atoms with Crippen molar-refractivity contribution in [2.24, 2.45) is 0 Å². The zero-order valence-electron chi connectivity index (χ0n) is 15.3. The fraction of sp³-hybridized carbons (Fsp3) is 0.300. The van der Waals surface area contributed by atoms with E-state index in [1.807, 2.05) is 35.4 Å². The minimum atomic E-state index is 0.0980. The molecule has 1 aromatic carbocycles. The first-order valence-electron chi connectivity index (χ1n) is 8.84. The molecule has 0 radical (unpaired) electrons. The van der Waals surface area contributed by atoms with E-state index in [2.05, 4.69) is 27.4 Å². The molecule has 0 N–H and O–H groups in total. The van der Waals surface area contributed by atoms with Crippen LogP contribution in [0.3, 0.4) is 0 Å². The van der Waals surface area contributed by atoms with Gasteiger partial charge >= 0.3 is 0 Å². The Hall–Kier alpha value is -2.38. The summed E-state index contributed by atoms with van der Waals surface area (Å²) in [5.41, 5.74) is 3.08. The van der Waals surface area contributed by atoms with Crippen molar-refractivity contribution in [2.75, 3.05) is 38.2 Å². The van der Waals surface area contributed by atoms with Crippen LogP contribution in [-0.2, 0) is 0 Å². The molecule has 1 aliphatic rings. The van der Waals surface area contributed by atoms with Crippen LogP contribution in [0.15, 0.2) is 41.1 Å². The minimum absolute atomic E-state index is 0.0980. The lowest BCUT2D eigenvalue weighted by atomic mass is 10.2. The van der Waals surface area contributed by atoms with Gasteiger partial charge < -0.3 is 14.5 Å². The molecule has 7 heteroatoms. The van der Waals surface area contributed by atoms with Crippen molar-refractivity contribution in [2.45, 2.75) is 6.92 Å². The summed E-state index contributed by atoms with van der Waals surface area (Å²) in [6.07, 6.45) is 0. The highest BCUT2D eigenvalue weighted by Gasteiger charge is 2.25. The van der Waals surface area contributed by atoms with Gasteiger partial charge in [0.25, 0.3) is 5.91 Å². The molecule has 3 heterocycles. The predicted molar refractivity (Wildman–Crippen MR) is 111 cm³/mol. The van der Waals surface area contributed by atoms with Crippen molar-refractivity contribution in [1.29, 1.82) is 0 Å². The molecule has 0 saturated carbocycles. The maximum atomic E-state index is 13.0. The smallest absolute Gasteiger partial charge is 0.265 e. The summed E-state index contributed by atoms with van der Waals surface area (Å²) in [4.78, 5) is 22.6. The first kappa shape index (κ1) is 18.0. The summed E-state index contributed by atoms with van der Waals surface area (Å²) in [6, 6.07) is 10.1. The van der Waals surface area contributed by atoms with E-state index in [0.29, 0.717) is 0 Å². The number of methoxy groups -OCH3 is 1. The van der Waals surface area contributed by atoms with Gasteiger partial charge in [0.1, 0.15) is 15.6 Å². The van der Waals surface area contributed by atoms with Crippen LogP contribution in [0.25, 0.3) is 10.6 Å². The van der Waals surface area contributed by atoms with Crippen LogP contribution in [0.5, 0.6) is 5.75 Å². The SMILES string of the molecule is COc1ccc(N2CCN(C(=O)c3sc(-c4ccsc4)nc3C)CC2)cc1. The van der Waals surface area contributed by atoms with Gasteiger partial charge in [-0.3, -0.25) is 4.79 Å². The number of thiophene rings is 1.